The van der Waals surface area contributed by atoms with Gasteiger partial charge in [0, 0.05) is 25.4 Å². The van der Waals surface area contributed by atoms with Gasteiger partial charge >= 0.3 is 0 Å². The smallest absolute Gasteiger partial charge is 0.228 e. The molecule has 2 aliphatic rings. The minimum atomic E-state index is 0.293. The van der Waals surface area contributed by atoms with E-state index in [-0.39, 0.29) is 0 Å². The van der Waals surface area contributed by atoms with Gasteiger partial charge in [0.15, 0.2) is 5.16 Å². The van der Waals surface area contributed by atoms with Crippen LogP contribution in [0.15, 0.2) is 29.4 Å². The number of aromatic nitrogens is 3. The van der Waals surface area contributed by atoms with Gasteiger partial charge in [-0.3, -0.25) is 4.57 Å². The Kier molecular flexibility index (Phi) is 6.03. The van der Waals surface area contributed by atoms with Crippen molar-refractivity contribution in [2.45, 2.75) is 63.1 Å². The summed E-state index contributed by atoms with van der Waals surface area (Å²) in [6.07, 6.45) is 5.06. The zero-order valence-electron chi connectivity index (χ0n) is 16.4. The summed E-state index contributed by atoms with van der Waals surface area (Å²) in [5.41, 5.74) is 2.64. The Balaban J connectivity index is 1.52. The van der Waals surface area contributed by atoms with E-state index in [4.69, 9.17) is 4.74 Å². The van der Waals surface area contributed by atoms with Gasteiger partial charge in [-0.1, -0.05) is 48.5 Å². The summed E-state index contributed by atoms with van der Waals surface area (Å²) in [6, 6.07) is 8.71. The lowest BCUT2D eigenvalue weighted by Crippen LogP contribution is -2.35. The molecule has 0 spiro atoms. The van der Waals surface area contributed by atoms with Crippen molar-refractivity contribution >= 4 is 17.7 Å². The van der Waals surface area contributed by atoms with Crippen LogP contribution in [0.4, 0.5) is 5.95 Å². The highest BCUT2D eigenvalue weighted by atomic mass is 32.2. The third kappa shape index (κ3) is 4.66. The third-order valence-corrected chi connectivity index (χ3v) is 6.66. The molecule has 6 heteroatoms. The molecule has 5 nitrogen and oxygen atoms in total. The monoisotopic (exact) mass is 386 g/mol. The first-order chi connectivity index (χ1) is 13.2. The number of ether oxygens (including phenoxy) is 1. The molecule has 1 aromatic heterocycles. The molecule has 146 valence electrons. The number of anilines is 1. The fourth-order valence-corrected chi connectivity index (χ4v) is 4.82. The molecule has 2 saturated heterocycles. The van der Waals surface area contributed by atoms with Crippen molar-refractivity contribution in [1.29, 1.82) is 0 Å². The van der Waals surface area contributed by atoms with Crippen LogP contribution in [-0.2, 0) is 17.0 Å². The van der Waals surface area contributed by atoms with Crippen LogP contribution in [0, 0.1) is 12.8 Å². The number of hydrogen-bond donors (Lipinski definition) is 0. The summed E-state index contributed by atoms with van der Waals surface area (Å²) < 4.78 is 8.23. The van der Waals surface area contributed by atoms with Crippen molar-refractivity contribution in [3.05, 3.63) is 35.4 Å². The zero-order valence-corrected chi connectivity index (χ0v) is 17.2. The minimum Gasteiger partial charge on any atom is -0.376 e. The molecule has 27 heavy (non-hydrogen) atoms. The van der Waals surface area contributed by atoms with Gasteiger partial charge in [-0.05, 0) is 44.1 Å². The predicted molar refractivity (Wildman–Crippen MR) is 110 cm³/mol. The van der Waals surface area contributed by atoms with Gasteiger partial charge < -0.3 is 9.64 Å². The number of nitrogens with zero attached hydrogens (tertiary/aromatic N) is 4. The van der Waals surface area contributed by atoms with Crippen molar-refractivity contribution in [3.63, 3.8) is 0 Å². The largest absolute Gasteiger partial charge is 0.376 e. The van der Waals surface area contributed by atoms with Crippen molar-refractivity contribution in [2.24, 2.45) is 5.92 Å². The average molecular weight is 387 g/mol. The molecule has 4 rings (SSSR count). The second kappa shape index (κ2) is 8.65. The molecule has 2 aliphatic heterocycles. The molecule has 1 aromatic carbocycles. The summed E-state index contributed by atoms with van der Waals surface area (Å²) in [7, 11) is 0. The highest BCUT2D eigenvalue weighted by Gasteiger charge is 2.25. The van der Waals surface area contributed by atoms with E-state index in [2.05, 4.69) is 57.8 Å². The van der Waals surface area contributed by atoms with Crippen molar-refractivity contribution in [1.82, 2.24) is 14.8 Å². The number of piperidine rings is 1. The van der Waals surface area contributed by atoms with E-state index < -0.39 is 0 Å². The second-order valence-electron chi connectivity index (χ2n) is 7.98. The lowest BCUT2D eigenvalue weighted by atomic mass is 10.00. The molecular weight excluding hydrogens is 356 g/mol. The minimum absolute atomic E-state index is 0.293. The van der Waals surface area contributed by atoms with E-state index >= 15 is 0 Å². The molecule has 0 radical (unpaired) electrons. The summed E-state index contributed by atoms with van der Waals surface area (Å²) >= 11 is 1.78. The Labute approximate surface area is 166 Å². The normalized spacial score (nSPS) is 21.1. The van der Waals surface area contributed by atoms with Crippen LogP contribution in [0.3, 0.4) is 0 Å². The van der Waals surface area contributed by atoms with Crippen LogP contribution in [0.5, 0.6) is 0 Å². The van der Waals surface area contributed by atoms with E-state index in [1.807, 2.05) is 0 Å². The van der Waals surface area contributed by atoms with Crippen LogP contribution in [0.25, 0.3) is 0 Å². The van der Waals surface area contributed by atoms with Crippen LogP contribution in [0.2, 0.25) is 0 Å². The first kappa shape index (κ1) is 18.8. The maximum Gasteiger partial charge on any atom is 0.228 e. The average Bonchev–Trinajstić information content (AvgIpc) is 3.31. The van der Waals surface area contributed by atoms with Gasteiger partial charge in [0.25, 0.3) is 0 Å². The molecule has 2 fully saturated rings. The SMILES string of the molecule is Cc1cccc(CSc2nnc(N3CCC(C)CC3)n2CC2CCCO2)c1. The van der Waals surface area contributed by atoms with Crippen molar-refractivity contribution in [2.75, 3.05) is 24.6 Å². The van der Waals surface area contributed by atoms with Crippen LogP contribution >= 0.6 is 11.8 Å². The highest BCUT2D eigenvalue weighted by molar-refractivity contribution is 7.98. The van der Waals surface area contributed by atoms with Gasteiger partial charge in [-0.25, -0.2) is 0 Å². The van der Waals surface area contributed by atoms with Gasteiger partial charge in [0.05, 0.1) is 12.6 Å². The summed E-state index contributed by atoms with van der Waals surface area (Å²) in [6.45, 7) is 8.39. The maximum atomic E-state index is 5.91. The maximum absolute atomic E-state index is 5.91. The number of aryl methyl sites for hydroxylation is 1. The number of thioether (sulfide) groups is 1. The lowest BCUT2D eigenvalue weighted by Gasteiger charge is -2.31. The van der Waals surface area contributed by atoms with Crippen LogP contribution in [0.1, 0.15) is 43.7 Å². The molecule has 2 aromatic rings. The summed E-state index contributed by atoms with van der Waals surface area (Å²) in [4.78, 5) is 2.42. The lowest BCUT2D eigenvalue weighted by molar-refractivity contribution is 0.0951. The molecule has 3 heterocycles. The summed E-state index contributed by atoms with van der Waals surface area (Å²) in [5, 5.41) is 10.2. The van der Waals surface area contributed by atoms with Crippen molar-refractivity contribution in [3.8, 4) is 0 Å². The Morgan fingerprint density at radius 2 is 2.04 bits per heavy atom. The standard InChI is InChI=1S/C21H30N4OS/c1-16-8-10-24(11-9-16)20-22-23-21(25(20)14-19-7-4-12-26-19)27-15-18-6-3-5-17(2)13-18/h3,5-6,13,16,19H,4,7-12,14-15H2,1-2H3. The molecule has 0 bridgehead atoms. The van der Waals surface area contributed by atoms with Gasteiger partial charge in [0.1, 0.15) is 0 Å². The molecule has 0 N–H and O–H groups in total. The van der Waals surface area contributed by atoms with E-state index in [0.717, 1.165) is 61.9 Å². The molecule has 0 amide bonds. The van der Waals surface area contributed by atoms with Crippen LogP contribution < -0.4 is 4.90 Å². The Morgan fingerprint density at radius 1 is 1.19 bits per heavy atom. The third-order valence-electron chi connectivity index (χ3n) is 5.62. The van der Waals surface area contributed by atoms with Gasteiger partial charge in [0.2, 0.25) is 5.95 Å². The predicted octanol–water partition coefficient (Wildman–Crippen LogP) is 4.29. The topological polar surface area (TPSA) is 43.2 Å². The Morgan fingerprint density at radius 3 is 2.78 bits per heavy atom. The quantitative estimate of drug-likeness (QED) is 0.693. The van der Waals surface area contributed by atoms with Gasteiger partial charge in [-0.15, -0.1) is 10.2 Å². The molecule has 0 aliphatic carbocycles. The fraction of sp³-hybridized carbons (Fsp3) is 0.619. The van der Waals surface area contributed by atoms with E-state index in [0.29, 0.717) is 6.10 Å². The molecule has 0 saturated carbocycles. The fourth-order valence-electron chi connectivity index (χ4n) is 3.93. The highest BCUT2D eigenvalue weighted by Crippen LogP contribution is 2.29. The van der Waals surface area contributed by atoms with E-state index in [9.17, 15) is 0 Å². The Bertz CT molecular complexity index is 748. The number of hydrogen-bond acceptors (Lipinski definition) is 5. The Hall–Kier alpha value is -1.53. The van der Waals surface area contributed by atoms with E-state index in [1.165, 1.54) is 24.0 Å². The molecule has 1 atom stereocenters. The van der Waals surface area contributed by atoms with E-state index in [1.54, 1.807) is 11.8 Å². The number of rotatable bonds is 6. The van der Waals surface area contributed by atoms with Crippen molar-refractivity contribution < 1.29 is 4.74 Å². The molecule has 1 unspecified atom stereocenters. The van der Waals surface area contributed by atoms with Crippen LogP contribution in [-0.4, -0.2) is 40.6 Å². The molecular formula is C21H30N4OS. The zero-order chi connectivity index (χ0) is 18.6. The summed E-state index contributed by atoms with van der Waals surface area (Å²) in [5.74, 6) is 2.76. The first-order valence-corrected chi connectivity index (χ1v) is 11.2. The van der Waals surface area contributed by atoms with Gasteiger partial charge in [-0.2, -0.15) is 0 Å². The second-order valence-corrected chi connectivity index (χ2v) is 8.92. The first-order valence-electron chi connectivity index (χ1n) is 10.2. The number of benzene rings is 1.